The van der Waals surface area contributed by atoms with Gasteiger partial charge in [0.2, 0.25) is 5.91 Å². The van der Waals surface area contributed by atoms with Crippen molar-refractivity contribution in [2.24, 2.45) is 5.73 Å². The molecule has 2 aromatic rings. The van der Waals surface area contributed by atoms with Gasteiger partial charge in [0.25, 0.3) is 0 Å². The number of benzene rings is 1. The smallest absolute Gasteiger partial charge is 0.220 e. The van der Waals surface area contributed by atoms with Crippen molar-refractivity contribution in [2.45, 2.75) is 32.2 Å². The second-order valence-corrected chi connectivity index (χ2v) is 4.87. The summed E-state index contributed by atoms with van der Waals surface area (Å²) in [4.78, 5) is 16.1. The number of nitrogens with two attached hydrogens (primary N) is 1. The summed E-state index contributed by atoms with van der Waals surface area (Å²) in [5.74, 6) is 0.0926. The van der Waals surface area contributed by atoms with E-state index in [2.05, 4.69) is 10.3 Å². The van der Waals surface area contributed by atoms with Gasteiger partial charge in [-0.2, -0.15) is 0 Å². The summed E-state index contributed by atoms with van der Waals surface area (Å²) in [5.41, 5.74) is 7.44. The van der Waals surface area contributed by atoms with Crippen LogP contribution in [0, 0.1) is 0 Å². The summed E-state index contributed by atoms with van der Waals surface area (Å²) in [7, 11) is 0. The minimum absolute atomic E-state index is 0.0926. The molecule has 0 fully saturated rings. The first-order chi connectivity index (χ1) is 9.81. The van der Waals surface area contributed by atoms with E-state index in [4.69, 9.17) is 5.73 Å². The number of fused-ring (bicyclic) bond motifs is 1. The largest absolute Gasteiger partial charge is 0.352 e. The van der Waals surface area contributed by atoms with Gasteiger partial charge in [-0.3, -0.25) is 9.78 Å². The molecule has 0 aliphatic rings. The number of nitrogens with one attached hydrogen (secondary N) is 1. The Morgan fingerprint density at radius 3 is 2.85 bits per heavy atom. The zero-order valence-electron chi connectivity index (χ0n) is 11.6. The number of aromatic nitrogens is 1. The predicted octanol–water partition coefficient (Wildman–Crippen LogP) is 2.37. The lowest BCUT2D eigenvalue weighted by Crippen LogP contribution is -2.22. The molecule has 1 aromatic carbocycles. The molecule has 0 saturated carbocycles. The first kappa shape index (κ1) is 14.5. The third kappa shape index (κ3) is 4.03. The average molecular weight is 271 g/mol. The van der Waals surface area contributed by atoms with Gasteiger partial charge in [0.15, 0.2) is 0 Å². The standard InChI is InChI=1S/C16H21N3O/c17-10-3-1-2-9-15(20)19-12-14-7-4-6-13-8-5-11-18-16(13)14/h4-8,11H,1-3,9-10,12,17H2,(H,19,20). The van der Waals surface area contributed by atoms with Gasteiger partial charge in [-0.25, -0.2) is 0 Å². The fourth-order valence-corrected chi connectivity index (χ4v) is 2.20. The number of carbonyl (C=O) groups is 1. The van der Waals surface area contributed by atoms with Crippen LogP contribution in [0.5, 0.6) is 0 Å². The first-order valence-corrected chi connectivity index (χ1v) is 7.10. The Balaban J connectivity index is 1.88. The molecule has 3 N–H and O–H groups in total. The highest BCUT2D eigenvalue weighted by molar-refractivity contribution is 5.82. The summed E-state index contributed by atoms with van der Waals surface area (Å²) in [6, 6.07) is 9.97. The maximum Gasteiger partial charge on any atom is 0.220 e. The van der Waals surface area contributed by atoms with Crippen LogP contribution in [0.1, 0.15) is 31.2 Å². The lowest BCUT2D eigenvalue weighted by atomic mass is 10.1. The monoisotopic (exact) mass is 271 g/mol. The molecule has 4 nitrogen and oxygen atoms in total. The zero-order chi connectivity index (χ0) is 14.2. The Bertz CT molecular complexity index is 563. The molecule has 0 saturated heterocycles. The fourth-order valence-electron chi connectivity index (χ4n) is 2.20. The van der Waals surface area contributed by atoms with Crippen LogP contribution >= 0.6 is 0 Å². The number of nitrogens with zero attached hydrogens (tertiary/aromatic N) is 1. The molecule has 20 heavy (non-hydrogen) atoms. The highest BCUT2D eigenvalue weighted by atomic mass is 16.1. The minimum Gasteiger partial charge on any atom is -0.352 e. The van der Waals surface area contributed by atoms with E-state index in [-0.39, 0.29) is 5.91 Å². The van der Waals surface area contributed by atoms with Crippen molar-refractivity contribution in [2.75, 3.05) is 6.54 Å². The van der Waals surface area contributed by atoms with E-state index in [0.29, 0.717) is 19.5 Å². The van der Waals surface area contributed by atoms with E-state index in [1.165, 1.54) is 0 Å². The Hall–Kier alpha value is -1.94. The molecule has 0 atom stereocenters. The fraction of sp³-hybridized carbons (Fsp3) is 0.375. The number of hydrogen-bond acceptors (Lipinski definition) is 3. The Labute approximate surface area is 119 Å². The number of rotatable bonds is 7. The average Bonchev–Trinajstić information content (AvgIpc) is 2.49. The predicted molar refractivity (Wildman–Crippen MR) is 81.1 cm³/mol. The number of hydrogen-bond donors (Lipinski definition) is 2. The summed E-state index contributed by atoms with van der Waals surface area (Å²) in [5, 5.41) is 4.06. The third-order valence-corrected chi connectivity index (χ3v) is 3.30. The van der Waals surface area contributed by atoms with Crippen molar-refractivity contribution in [3.8, 4) is 0 Å². The minimum atomic E-state index is 0.0926. The van der Waals surface area contributed by atoms with E-state index < -0.39 is 0 Å². The van der Waals surface area contributed by atoms with Gasteiger partial charge >= 0.3 is 0 Å². The number of carbonyl (C=O) groups excluding carboxylic acids is 1. The second-order valence-electron chi connectivity index (χ2n) is 4.87. The SMILES string of the molecule is NCCCCCC(=O)NCc1cccc2cccnc12. The lowest BCUT2D eigenvalue weighted by molar-refractivity contribution is -0.121. The molecule has 1 heterocycles. The Morgan fingerprint density at radius 1 is 1.15 bits per heavy atom. The van der Waals surface area contributed by atoms with Crippen molar-refractivity contribution >= 4 is 16.8 Å². The molecule has 0 bridgehead atoms. The number of amides is 1. The van der Waals surface area contributed by atoms with Gasteiger partial charge in [0.05, 0.1) is 5.52 Å². The molecular formula is C16H21N3O. The Morgan fingerprint density at radius 2 is 2.00 bits per heavy atom. The van der Waals surface area contributed by atoms with Crippen molar-refractivity contribution in [3.05, 3.63) is 42.1 Å². The van der Waals surface area contributed by atoms with Crippen LogP contribution in [0.15, 0.2) is 36.5 Å². The summed E-state index contributed by atoms with van der Waals surface area (Å²) in [6.45, 7) is 1.23. The van der Waals surface area contributed by atoms with Gasteiger partial charge in [0.1, 0.15) is 0 Å². The first-order valence-electron chi connectivity index (χ1n) is 7.10. The van der Waals surface area contributed by atoms with Crippen LogP contribution in [-0.2, 0) is 11.3 Å². The normalized spacial score (nSPS) is 10.7. The van der Waals surface area contributed by atoms with E-state index >= 15 is 0 Å². The number of para-hydroxylation sites is 1. The van der Waals surface area contributed by atoms with Gasteiger partial charge in [0, 0.05) is 24.5 Å². The molecule has 0 aliphatic heterocycles. The van der Waals surface area contributed by atoms with Crippen molar-refractivity contribution in [1.82, 2.24) is 10.3 Å². The van der Waals surface area contributed by atoms with Gasteiger partial charge < -0.3 is 11.1 Å². The van der Waals surface area contributed by atoms with Crippen LogP contribution in [0.3, 0.4) is 0 Å². The summed E-state index contributed by atoms with van der Waals surface area (Å²) < 4.78 is 0. The van der Waals surface area contributed by atoms with Crippen LogP contribution in [0.2, 0.25) is 0 Å². The maximum absolute atomic E-state index is 11.8. The summed E-state index contributed by atoms with van der Waals surface area (Å²) >= 11 is 0. The zero-order valence-corrected chi connectivity index (χ0v) is 11.6. The van der Waals surface area contributed by atoms with E-state index in [1.807, 2.05) is 30.3 Å². The highest BCUT2D eigenvalue weighted by Crippen LogP contribution is 2.15. The molecular weight excluding hydrogens is 250 g/mol. The Kier molecular flexibility index (Phi) is 5.50. The van der Waals surface area contributed by atoms with Gasteiger partial charge in [-0.05, 0) is 31.0 Å². The molecule has 106 valence electrons. The maximum atomic E-state index is 11.8. The molecule has 1 amide bonds. The molecule has 2 rings (SSSR count). The summed E-state index contributed by atoms with van der Waals surface area (Å²) in [6.07, 6.45) is 5.25. The van der Waals surface area contributed by atoms with E-state index in [9.17, 15) is 4.79 Å². The van der Waals surface area contributed by atoms with Crippen LogP contribution in [0.4, 0.5) is 0 Å². The molecule has 1 aromatic heterocycles. The molecule has 0 aliphatic carbocycles. The van der Waals surface area contributed by atoms with Crippen LogP contribution < -0.4 is 11.1 Å². The molecule has 4 heteroatoms. The lowest BCUT2D eigenvalue weighted by Gasteiger charge is -2.07. The molecule has 0 unspecified atom stereocenters. The van der Waals surface area contributed by atoms with Gasteiger partial charge in [-0.15, -0.1) is 0 Å². The quantitative estimate of drug-likeness (QED) is 0.760. The van der Waals surface area contributed by atoms with Crippen molar-refractivity contribution in [1.29, 1.82) is 0 Å². The van der Waals surface area contributed by atoms with Crippen LogP contribution in [-0.4, -0.2) is 17.4 Å². The van der Waals surface area contributed by atoms with Crippen molar-refractivity contribution in [3.63, 3.8) is 0 Å². The topological polar surface area (TPSA) is 68.0 Å². The third-order valence-electron chi connectivity index (χ3n) is 3.30. The number of pyridine rings is 1. The number of unbranched alkanes of at least 4 members (excludes halogenated alkanes) is 2. The van der Waals surface area contributed by atoms with Crippen molar-refractivity contribution < 1.29 is 4.79 Å². The highest BCUT2D eigenvalue weighted by Gasteiger charge is 2.04. The molecule has 0 radical (unpaired) electrons. The van der Waals surface area contributed by atoms with Gasteiger partial charge in [-0.1, -0.05) is 30.7 Å². The second kappa shape index (κ2) is 7.60. The van der Waals surface area contributed by atoms with Crippen LogP contribution in [0.25, 0.3) is 10.9 Å². The van der Waals surface area contributed by atoms with E-state index in [0.717, 1.165) is 35.7 Å². The van der Waals surface area contributed by atoms with E-state index in [1.54, 1.807) is 6.20 Å². The molecule has 0 spiro atoms.